The summed E-state index contributed by atoms with van der Waals surface area (Å²) in [7, 11) is 2.93. The molecular formula is C27H25FN4O6. The number of halogens is 1. The number of benzene rings is 2. The Labute approximate surface area is 217 Å². The molecule has 38 heavy (non-hydrogen) atoms. The average molecular weight is 521 g/mol. The van der Waals surface area contributed by atoms with Gasteiger partial charge in [-0.15, -0.1) is 0 Å². The van der Waals surface area contributed by atoms with Gasteiger partial charge in [0.15, 0.2) is 17.2 Å². The van der Waals surface area contributed by atoms with Crippen LogP contribution in [0.25, 0.3) is 22.2 Å². The third-order valence-electron chi connectivity index (χ3n) is 6.51. The first-order valence-corrected chi connectivity index (χ1v) is 11.9. The lowest BCUT2D eigenvalue weighted by Crippen LogP contribution is -2.44. The topological polar surface area (TPSA) is 116 Å². The molecule has 2 aromatic heterocycles. The van der Waals surface area contributed by atoms with Gasteiger partial charge in [0, 0.05) is 24.8 Å². The van der Waals surface area contributed by atoms with Crippen molar-refractivity contribution >= 4 is 22.8 Å². The smallest absolute Gasteiger partial charge is 0.394 e. The molecule has 0 aliphatic carbocycles. The Morgan fingerprint density at radius 3 is 2.47 bits per heavy atom. The van der Waals surface area contributed by atoms with Crippen LogP contribution in [0.15, 0.2) is 54.9 Å². The second-order valence-electron chi connectivity index (χ2n) is 8.78. The first kappa shape index (κ1) is 25.0. The minimum atomic E-state index is -1.48. The predicted molar refractivity (Wildman–Crippen MR) is 135 cm³/mol. The summed E-state index contributed by atoms with van der Waals surface area (Å²) in [5, 5.41) is 14.8. The van der Waals surface area contributed by atoms with Crippen LogP contribution in [-0.2, 0) is 9.59 Å². The van der Waals surface area contributed by atoms with Gasteiger partial charge in [-0.1, -0.05) is 6.07 Å². The first-order chi connectivity index (χ1) is 18.4. The lowest BCUT2D eigenvalue weighted by atomic mass is 10.1. The van der Waals surface area contributed by atoms with Crippen LogP contribution in [-0.4, -0.2) is 64.0 Å². The number of carboxylic acids is 1. The van der Waals surface area contributed by atoms with Gasteiger partial charge in [-0.3, -0.25) is 14.5 Å². The molecule has 0 unspecified atom stereocenters. The highest BCUT2D eigenvalue weighted by Gasteiger charge is 2.31. The summed E-state index contributed by atoms with van der Waals surface area (Å²) in [5.41, 5.74) is 2.09. The van der Waals surface area contributed by atoms with Gasteiger partial charge in [0.2, 0.25) is 5.82 Å². The molecule has 10 nitrogen and oxygen atoms in total. The number of pyridine rings is 1. The highest BCUT2D eigenvalue weighted by molar-refractivity contribution is 6.31. The predicted octanol–water partition coefficient (Wildman–Crippen LogP) is 4.30. The Morgan fingerprint density at radius 2 is 1.76 bits per heavy atom. The SMILES string of the molecule is COc1cccc(Oc2ccc(-c3nn([C@@H]4CCCN(C(=O)C(=O)O)C4)c4c(OC)cncc34)cc2)c1F. The summed E-state index contributed by atoms with van der Waals surface area (Å²) in [6.07, 6.45) is 4.63. The summed E-state index contributed by atoms with van der Waals surface area (Å²) in [6.45, 7) is 0.591. The Hall–Kier alpha value is -4.67. The molecule has 0 saturated carbocycles. The molecule has 3 heterocycles. The summed E-state index contributed by atoms with van der Waals surface area (Å²) in [6, 6.07) is 11.4. The van der Waals surface area contributed by atoms with Crippen LogP contribution in [0, 0.1) is 5.82 Å². The Balaban J connectivity index is 1.50. The minimum absolute atomic E-state index is 0.0403. The second kappa shape index (κ2) is 10.4. The van der Waals surface area contributed by atoms with Crippen molar-refractivity contribution in [2.45, 2.75) is 18.9 Å². The van der Waals surface area contributed by atoms with Crippen molar-refractivity contribution in [3.8, 4) is 34.3 Å². The van der Waals surface area contributed by atoms with Gasteiger partial charge < -0.3 is 24.2 Å². The molecular weight excluding hydrogens is 495 g/mol. The zero-order valence-electron chi connectivity index (χ0n) is 20.8. The third kappa shape index (κ3) is 4.58. The van der Waals surface area contributed by atoms with E-state index in [-0.39, 0.29) is 24.1 Å². The summed E-state index contributed by atoms with van der Waals surface area (Å²) < 4.78 is 32.6. The van der Waals surface area contributed by atoms with Crippen LogP contribution in [0.1, 0.15) is 18.9 Å². The van der Waals surface area contributed by atoms with Crippen LogP contribution >= 0.6 is 0 Å². The van der Waals surface area contributed by atoms with Crippen LogP contribution in [0.2, 0.25) is 0 Å². The molecule has 11 heteroatoms. The van der Waals surface area contributed by atoms with E-state index in [1.54, 1.807) is 54.5 Å². The van der Waals surface area contributed by atoms with Gasteiger partial charge in [-0.05, 0) is 49.2 Å². The molecule has 1 saturated heterocycles. The number of carbonyl (C=O) groups is 2. The standard InChI is InChI=1S/C27H25FN4O6/c1-36-20-6-3-7-21(23(20)28)38-18-10-8-16(9-11-18)24-19-13-29-14-22(37-2)25(19)32(30-24)17-5-4-12-31(15-17)26(33)27(34)35/h3,6-11,13-14,17H,4-5,12,15H2,1-2H3,(H,34,35)/t17-/m1/s1. The molecule has 0 spiro atoms. The van der Waals surface area contributed by atoms with Crippen molar-refractivity contribution in [1.82, 2.24) is 19.7 Å². The molecule has 1 atom stereocenters. The highest BCUT2D eigenvalue weighted by atomic mass is 19.1. The van der Waals surface area contributed by atoms with Crippen molar-refractivity contribution in [1.29, 1.82) is 0 Å². The van der Waals surface area contributed by atoms with E-state index >= 15 is 0 Å². The Morgan fingerprint density at radius 1 is 1.03 bits per heavy atom. The molecule has 5 rings (SSSR count). The number of aliphatic carboxylic acids is 1. The zero-order valence-corrected chi connectivity index (χ0v) is 20.8. The molecule has 196 valence electrons. The van der Waals surface area contributed by atoms with Crippen LogP contribution in [0.5, 0.6) is 23.0 Å². The highest BCUT2D eigenvalue weighted by Crippen LogP contribution is 2.37. The number of likely N-dealkylation sites (tertiary alicyclic amines) is 1. The minimum Gasteiger partial charge on any atom is -0.494 e. The maximum atomic E-state index is 14.5. The van der Waals surface area contributed by atoms with Gasteiger partial charge in [-0.2, -0.15) is 9.49 Å². The van der Waals surface area contributed by atoms with E-state index in [1.165, 1.54) is 24.1 Å². The molecule has 1 N–H and O–H groups in total. The number of carbonyl (C=O) groups excluding carboxylic acids is 1. The van der Waals surface area contributed by atoms with Gasteiger partial charge >= 0.3 is 11.9 Å². The monoisotopic (exact) mass is 520 g/mol. The maximum absolute atomic E-state index is 14.5. The number of hydrogen-bond donors (Lipinski definition) is 1. The molecule has 1 fully saturated rings. The van der Waals surface area contributed by atoms with Gasteiger partial charge in [0.1, 0.15) is 17.0 Å². The number of piperidine rings is 1. The van der Waals surface area contributed by atoms with Crippen LogP contribution in [0.4, 0.5) is 4.39 Å². The third-order valence-corrected chi connectivity index (χ3v) is 6.51. The van der Waals surface area contributed by atoms with Gasteiger partial charge in [0.05, 0.1) is 31.8 Å². The van der Waals surface area contributed by atoms with Crippen molar-refractivity contribution in [3.05, 3.63) is 60.7 Å². The summed E-state index contributed by atoms with van der Waals surface area (Å²) in [4.78, 5) is 29.0. The van der Waals surface area contributed by atoms with E-state index in [0.717, 1.165) is 10.9 Å². The van der Waals surface area contributed by atoms with E-state index in [1.807, 2.05) is 0 Å². The van der Waals surface area contributed by atoms with E-state index < -0.39 is 17.7 Å². The molecule has 1 amide bonds. The summed E-state index contributed by atoms with van der Waals surface area (Å²) >= 11 is 0. The number of fused-ring (bicyclic) bond motifs is 1. The number of methoxy groups -OCH3 is 2. The number of aromatic nitrogens is 3. The van der Waals surface area contributed by atoms with Crippen molar-refractivity contribution in [3.63, 3.8) is 0 Å². The number of ether oxygens (including phenoxy) is 3. The van der Waals surface area contributed by atoms with Crippen LogP contribution in [0.3, 0.4) is 0 Å². The number of rotatable bonds is 6. The van der Waals surface area contributed by atoms with Crippen molar-refractivity contribution in [2.75, 3.05) is 27.3 Å². The zero-order chi connectivity index (χ0) is 26.8. The van der Waals surface area contributed by atoms with E-state index in [2.05, 4.69) is 4.98 Å². The quantitative estimate of drug-likeness (QED) is 0.374. The van der Waals surface area contributed by atoms with E-state index in [4.69, 9.17) is 19.3 Å². The average Bonchev–Trinajstić information content (AvgIpc) is 3.34. The summed E-state index contributed by atoms with van der Waals surface area (Å²) in [5.74, 6) is -1.93. The molecule has 1 aliphatic heterocycles. The van der Waals surface area contributed by atoms with Crippen molar-refractivity contribution in [2.24, 2.45) is 0 Å². The Kier molecular flexibility index (Phi) is 6.82. The second-order valence-corrected chi connectivity index (χ2v) is 8.78. The fraction of sp³-hybridized carbons (Fsp3) is 0.259. The number of carboxylic acid groups (broad SMARTS) is 1. The lowest BCUT2D eigenvalue weighted by Gasteiger charge is -2.32. The number of nitrogens with zero attached hydrogens (tertiary/aromatic N) is 4. The molecule has 2 aromatic carbocycles. The Bertz CT molecular complexity index is 1500. The number of hydrogen-bond acceptors (Lipinski definition) is 7. The normalized spacial score (nSPS) is 15.3. The molecule has 1 aliphatic rings. The van der Waals surface area contributed by atoms with Crippen LogP contribution < -0.4 is 14.2 Å². The van der Waals surface area contributed by atoms with Gasteiger partial charge in [0.25, 0.3) is 0 Å². The maximum Gasteiger partial charge on any atom is 0.394 e. The fourth-order valence-electron chi connectivity index (χ4n) is 4.69. The van der Waals surface area contributed by atoms with E-state index in [0.29, 0.717) is 42.1 Å². The molecule has 4 aromatic rings. The fourth-order valence-corrected chi connectivity index (χ4v) is 4.69. The van der Waals surface area contributed by atoms with Gasteiger partial charge in [-0.25, -0.2) is 4.79 Å². The number of amides is 1. The van der Waals surface area contributed by atoms with Crippen molar-refractivity contribution < 1.29 is 33.3 Å². The largest absolute Gasteiger partial charge is 0.494 e. The first-order valence-electron chi connectivity index (χ1n) is 11.9. The lowest BCUT2D eigenvalue weighted by molar-refractivity contribution is -0.156. The van der Waals surface area contributed by atoms with E-state index in [9.17, 15) is 19.1 Å². The molecule has 0 bridgehead atoms. The molecule has 0 radical (unpaired) electrons.